The van der Waals surface area contributed by atoms with Crippen LogP contribution in [0.15, 0.2) is 70.7 Å². The summed E-state index contributed by atoms with van der Waals surface area (Å²) in [6.07, 6.45) is 1.27. The summed E-state index contributed by atoms with van der Waals surface area (Å²) < 4.78 is 5.70. The summed E-state index contributed by atoms with van der Waals surface area (Å²) in [5, 5.41) is 12.0. The summed E-state index contributed by atoms with van der Waals surface area (Å²) in [5.74, 6) is -1.96. The average molecular weight is 453 g/mol. The van der Waals surface area contributed by atoms with Crippen molar-refractivity contribution in [1.29, 1.82) is 0 Å². The third-order valence-electron chi connectivity index (χ3n) is 4.53. The summed E-state index contributed by atoms with van der Waals surface area (Å²) in [6.45, 7) is 0. The van der Waals surface area contributed by atoms with Crippen molar-refractivity contribution < 1.29 is 23.9 Å². The van der Waals surface area contributed by atoms with Crippen molar-refractivity contribution in [3.63, 3.8) is 0 Å². The molecule has 0 aliphatic carbocycles. The van der Waals surface area contributed by atoms with E-state index in [-0.39, 0.29) is 27.8 Å². The molecule has 1 aliphatic heterocycles. The van der Waals surface area contributed by atoms with E-state index in [0.29, 0.717) is 16.3 Å². The molecule has 9 heteroatoms. The van der Waals surface area contributed by atoms with Crippen molar-refractivity contribution in [2.75, 3.05) is 4.90 Å². The third-order valence-corrected chi connectivity index (χ3v) is 5.14. The van der Waals surface area contributed by atoms with Crippen LogP contribution in [-0.4, -0.2) is 28.0 Å². The lowest BCUT2D eigenvalue weighted by atomic mass is 10.1. The van der Waals surface area contributed by atoms with Crippen LogP contribution in [0.5, 0.6) is 0 Å². The van der Waals surface area contributed by atoms with Gasteiger partial charge in [-0.2, -0.15) is 0 Å². The molecule has 0 unspecified atom stereocenters. The second-order valence-corrected chi connectivity index (χ2v) is 7.26. The van der Waals surface area contributed by atoms with Crippen molar-refractivity contribution in [1.82, 2.24) is 5.32 Å². The first-order chi connectivity index (χ1) is 14.9. The highest BCUT2D eigenvalue weighted by atomic mass is 35.5. The molecule has 31 heavy (non-hydrogen) atoms. The zero-order chi connectivity index (χ0) is 22.1. The number of carbonyl (C=O) groups excluding carboxylic acids is 2. The fraction of sp³-hybridized carbons (Fsp3) is 0. The summed E-state index contributed by atoms with van der Waals surface area (Å²) in [5.41, 5.74) is 0.567. The zero-order valence-corrected chi connectivity index (χ0v) is 17.2. The van der Waals surface area contributed by atoms with Crippen molar-refractivity contribution in [3.8, 4) is 11.3 Å². The second-order valence-electron chi connectivity index (χ2n) is 6.46. The van der Waals surface area contributed by atoms with E-state index in [0.717, 1.165) is 4.90 Å². The van der Waals surface area contributed by atoms with Gasteiger partial charge in [-0.05, 0) is 48.6 Å². The minimum Gasteiger partial charge on any atom is -0.478 e. The minimum absolute atomic E-state index is 0.0674. The maximum atomic E-state index is 13.1. The van der Waals surface area contributed by atoms with Crippen LogP contribution in [0.3, 0.4) is 0 Å². The van der Waals surface area contributed by atoms with E-state index >= 15 is 0 Å². The summed E-state index contributed by atoms with van der Waals surface area (Å²) in [4.78, 5) is 38.1. The number of hydrogen-bond acceptors (Lipinski definition) is 5. The van der Waals surface area contributed by atoms with Crippen LogP contribution in [0, 0.1) is 0 Å². The highest BCUT2D eigenvalue weighted by Gasteiger charge is 2.35. The number of anilines is 1. The van der Waals surface area contributed by atoms with E-state index in [1.807, 2.05) is 0 Å². The normalized spacial score (nSPS) is 15.3. The van der Waals surface area contributed by atoms with E-state index in [9.17, 15) is 19.5 Å². The number of halogens is 1. The molecule has 0 atom stereocenters. The fourth-order valence-corrected chi connectivity index (χ4v) is 3.61. The quantitative estimate of drug-likeness (QED) is 0.351. The number of nitrogens with one attached hydrogen (secondary N) is 1. The smallest absolute Gasteiger partial charge is 0.336 e. The monoisotopic (exact) mass is 452 g/mol. The number of aromatic carboxylic acids is 1. The SMILES string of the molecule is O=C1NC(=S)N(c2ccccc2Cl)C(=O)/C1=C/c1ccc(-c2ccccc2C(=O)O)o1. The number of hydrogen-bond donors (Lipinski definition) is 2. The van der Waals surface area contributed by atoms with Gasteiger partial charge in [0.15, 0.2) is 5.11 Å². The number of thiocarbonyl (C=S) groups is 1. The summed E-state index contributed by atoms with van der Waals surface area (Å²) in [6, 6.07) is 16.1. The topological polar surface area (TPSA) is 99.9 Å². The molecule has 3 aromatic rings. The molecule has 7 nitrogen and oxygen atoms in total. The van der Waals surface area contributed by atoms with E-state index in [4.69, 9.17) is 28.2 Å². The Morgan fingerprint density at radius 1 is 1.06 bits per heavy atom. The van der Waals surface area contributed by atoms with Gasteiger partial charge in [-0.25, -0.2) is 4.79 Å². The van der Waals surface area contributed by atoms with Crippen molar-refractivity contribution in [2.45, 2.75) is 0 Å². The average Bonchev–Trinajstić information content (AvgIpc) is 3.21. The van der Waals surface area contributed by atoms with Gasteiger partial charge in [0.1, 0.15) is 17.1 Å². The number of carbonyl (C=O) groups is 3. The third kappa shape index (κ3) is 3.86. The molecule has 0 spiro atoms. The van der Waals surface area contributed by atoms with Gasteiger partial charge >= 0.3 is 5.97 Å². The van der Waals surface area contributed by atoms with Crippen LogP contribution in [0.25, 0.3) is 17.4 Å². The Morgan fingerprint density at radius 2 is 1.77 bits per heavy atom. The van der Waals surface area contributed by atoms with Gasteiger partial charge in [0.25, 0.3) is 11.8 Å². The highest BCUT2D eigenvalue weighted by Crippen LogP contribution is 2.30. The van der Waals surface area contributed by atoms with Gasteiger partial charge < -0.3 is 9.52 Å². The number of rotatable bonds is 4. The molecule has 0 saturated carbocycles. The number of amides is 2. The van der Waals surface area contributed by atoms with E-state index in [1.165, 1.54) is 18.2 Å². The molecule has 2 aromatic carbocycles. The lowest BCUT2D eigenvalue weighted by Crippen LogP contribution is -2.54. The molecule has 2 amide bonds. The number of carboxylic acids is 1. The first-order valence-electron chi connectivity index (χ1n) is 8.95. The Labute approximate surface area is 186 Å². The molecule has 4 rings (SSSR count). The molecule has 154 valence electrons. The molecule has 1 aliphatic rings. The van der Waals surface area contributed by atoms with Crippen molar-refractivity contribution in [3.05, 3.63) is 82.6 Å². The first-order valence-corrected chi connectivity index (χ1v) is 9.74. The molecule has 1 aromatic heterocycles. The van der Waals surface area contributed by atoms with Crippen LogP contribution < -0.4 is 10.2 Å². The Kier molecular flexibility index (Phi) is 5.41. The maximum absolute atomic E-state index is 13.1. The second kappa shape index (κ2) is 8.17. The van der Waals surface area contributed by atoms with Crippen LogP contribution in [0.4, 0.5) is 5.69 Å². The Bertz CT molecular complexity index is 1280. The summed E-state index contributed by atoms with van der Waals surface area (Å²) >= 11 is 11.3. The number of furan rings is 1. The van der Waals surface area contributed by atoms with Gasteiger partial charge in [-0.1, -0.05) is 41.9 Å². The molecule has 1 saturated heterocycles. The predicted molar refractivity (Wildman–Crippen MR) is 119 cm³/mol. The van der Waals surface area contributed by atoms with Gasteiger partial charge in [0.05, 0.1) is 16.3 Å². The Hall–Kier alpha value is -3.75. The zero-order valence-electron chi connectivity index (χ0n) is 15.7. The number of nitrogens with zero attached hydrogens (tertiary/aromatic N) is 1. The lowest BCUT2D eigenvalue weighted by molar-refractivity contribution is -0.122. The van der Waals surface area contributed by atoms with E-state index in [2.05, 4.69) is 5.32 Å². The van der Waals surface area contributed by atoms with Crippen molar-refractivity contribution >= 4 is 58.5 Å². The van der Waals surface area contributed by atoms with Crippen LogP contribution >= 0.6 is 23.8 Å². The Balaban J connectivity index is 1.71. The standard InChI is InChI=1S/C22H13ClN2O5S/c23-16-7-3-4-8-17(16)25-20(27)15(19(26)24-22(25)31)11-12-9-10-18(30-12)13-5-1-2-6-14(13)21(28)29/h1-11H,(H,28,29)(H,24,26,31)/b15-11+. The van der Waals surface area contributed by atoms with Crippen LogP contribution in [-0.2, 0) is 9.59 Å². The molecule has 2 heterocycles. The van der Waals surface area contributed by atoms with Crippen molar-refractivity contribution in [2.24, 2.45) is 0 Å². The lowest BCUT2D eigenvalue weighted by Gasteiger charge is -2.29. The number of carboxylic acid groups (broad SMARTS) is 1. The van der Waals surface area contributed by atoms with Gasteiger partial charge in [-0.15, -0.1) is 0 Å². The van der Waals surface area contributed by atoms with Gasteiger partial charge in [0.2, 0.25) is 0 Å². The maximum Gasteiger partial charge on any atom is 0.336 e. The molecule has 1 fully saturated rings. The highest BCUT2D eigenvalue weighted by molar-refractivity contribution is 7.80. The predicted octanol–water partition coefficient (Wildman–Crippen LogP) is 4.13. The number of para-hydroxylation sites is 1. The molecule has 0 radical (unpaired) electrons. The first kappa shape index (κ1) is 20.5. The molecule has 2 N–H and O–H groups in total. The molecule has 0 bridgehead atoms. The van der Waals surface area contributed by atoms with Gasteiger partial charge in [-0.3, -0.25) is 19.8 Å². The van der Waals surface area contributed by atoms with Crippen LogP contribution in [0.1, 0.15) is 16.1 Å². The van der Waals surface area contributed by atoms with Crippen LogP contribution in [0.2, 0.25) is 5.02 Å². The summed E-state index contributed by atoms with van der Waals surface area (Å²) in [7, 11) is 0. The fourth-order valence-electron chi connectivity index (χ4n) is 3.11. The van der Waals surface area contributed by atoms with E-state index < -0.39 is 17.8 Å². The molecular formula is C22H13ClN2O5S. The largest absolute Gasteiger partial charge is 0.478 e. The van der Waals surface area contributed by atoms with Gasteiger partial charge in [0, 0.05) is 5.56 Å². The minimum atomic E-state index is -1.10. The van der Waals surface area contributed by atoms with E-state index in [1.54, 1.807) is 48.5 Å². The Morgan fingerprint density at radius 3 is 2.52 bits per heavy atom. The molecular weight excluding hydrogens is 440 g/mol. The number of benzene rings is 2.